The number of carbonyl (C=O) groups excluding carboxylic acids is 2. The predicted molar refractivity (Wildman–Crippen MR) is 100 cm³/mol. The van der Waals surface area contributed by atoms with Crippen molar-refractivity contribution in [1.29, 1.82) is 0 Å². The highest BCUT2D eigenvalue weighted by Gasteiger charge is 2.17. The molecule has 2 aromatic rings. The highest BCUT2D eigenvalue weighted by Crippen LogP contribution is 2.13. The Bertz CT molecular complexity index is 895. The van der Waals surface area contributed by atoms with Gasteiger partial charge in [0.15, 0.2) is 6.61 Å². The summed E-state index contributed by atoms with van der Waals surface area (Å²) in [7, 11) is -3.80. The second-order valence-corrected chi connectivity index (χ2v) is 7.90. The lowest BCUT2D eigenvalue weighted by Crippen LogP contribution is -2.34. The molecule has 0 spiro atoms. The Balaban J connectivity index is 2.02. The zero-order chi connectivity index (χ0) is 19.9. The largest absolute Gasteiger partial charge is 0.452 e. The molecular formula is C19H22N2O5S. The van der Waals surface area contributed by atoms with E-state index in [0.29, 0.717) is 0 Å². The summed E-state index contributed by atoms with van der Waals surface area (Å²) in [5, 5.41) is 2.60. The Kier molecular flexibility index (Phi) is 7.09. The first-order chi connectivity index (χ1) is 12.8. The molecule has 0 saturated heterocycles. The van der Waals surface area contributed by atoms with Crippen molar-refractivity contribution in [3.05, 3.63) is 65.7 Å². The normalized spacial score (nSPS) is 11.2. The van der Waals surface area contributed by atoms with E-state index >= 15 is 0 Å². The number of sulfonamides is 1. The quantitative estimate of drug-likeness (QED) is 0.670. The number of carbonyl (C=O) groups is 2. The molecule has 0 saturated carbocycles. The van der Waals surface area contributed by atoms with Gasteiger partial charge in [-0.2, -0.15) is 0 Å². The van der Waals surface area contributed by atoms with Gasteiger partial charge in [0.25, 0.3) is 5.91 Å². The van der Waals surface area contributed by atoms with Gasteiger partial charge >= 0.3 is 5.97 Å². The minimum absolute atomic E-state index is 0.0509. The molecule has 0 heterocycles. The van der Waals surface area contributed by atoms with Crippen molar-refractivity contribution in [2.24, 2.45) is 0 Å². The van der Waals surface area contributed by atoms with Crippen LogP contribution in [0.4, 0.5) is 0 Å². The first-order valence-corrected chi connectivity index (χ1v) is 9.86. The van der Waals surface area contributed by atoms with Crippen LogP contribution in [0.2, 0.25) is 0 Å². The van der Waals surface area contributed by atoms with Gasteiger partial charge in [0.05, 0.1) is 10.5 Å². The third-order valence-corrected chi connectivity index (χ3v) is 4.87. The van der Waals surface area contributed by atoms with Crippen LogP contribution >= 0.6 is 0 Å². The number of benzene rings is 2. The monoisotopic (exact) mass is 390 g/mol. The molecule has 0 aliphatic rings. The number of esters is 1. The molecule has 2 rings (SSSR count). The fourth-order valence-electron chi connectivity index (χ4n) is 2.23. The van der Waals surface area contributed by atoms with E-state index in [1.165, 1.54) is 24.3 Å². The van der Waals surface area contributed by atoms with Crippen LogP contribution in [0.3, 0.4) is 0 Å². The molecule has 0 aromatic heterocycles. The van der Waals surface area contributed by atoms with Crippen LogP contribution in [0, 0.1) is 0 Å². The third-order valence-electron chi connectivity index (χ3n) is 3.47. The molecule has 0 bridgehead atoms. The Morgan fingerprint density at radius 1 is 1.04 bits per heavy atom. The van der Waals surface area contributed by atoms with Gasteiger partial charge in [-0.05, 0) is 37.6 Å². The fourth-order valence-corrected chi connectivity index (χ4v) is 3.29. The average Bonchev–Trinajstić information content (AvgIpc) is 2.65. The molecule has 144 valence electrons. The standard InChI is InChI=1S/C19H22N2O5S/c1-14(2)21-18(22)13-26-19(23)16-9-6-10-17(11-16)27(24,25)20-12-15-7-4-3-5-8-15/h3-11,14,20H,12-13H2,1-2H3,(H,21,22). The van der Waals surface area contributed by atoms with Crippen molar-refractivity contribution in [2.45, 2.75) is 31.3 Å². The van der Waals surface area contributed by atoms with Crippen LogP contribution in [0.15, 0.2) is 59.5 Å². The van der Waals surface area contributed by atoms with E-state index in [4.69, 9.17) is 4.74 Å². The molecule has 8 heteroatoms. The Hall–Kier alpha value is -2.71. The van der Waals surface area contributed by atoms with E-state index in [2.05, 4.69) is 10.0 Å². The molecule has 0 unspecified atom stereocenters. The number of amides is 1. The van der Waals surface area contributed by atoms with Gasteiger partial charge in [-0.3, -0.25) is 4.79 Å². The summed E-state index contributed by atoms with van der Waals surface area (Å²) in [5.74, 6) is -1.19. The third kappa shape index (κ3) is 6.50. The molecular weight excluding hydrogens is 368 g/mol. The van der Waals surface area contributed by atoms with Crippen molar-refractivity contribution in [3.63, 3.8) is 0 Å². The van der Waals surface area contributed by atoms with E-state index in [1.807, 2.05) is 18.2 Å². The molecule has 7 nitrogen and oxygen atoms in total. The van der Waals surface area contributed by atoms with Gasteiger partial charge < -0.3 is 10.1 Å². The van der Waals surface area contributed by atoms with E-state index in [0.717, 1.165) is 5.56 Å². The van der Waals surface area contributed by atoms with Gasteiger partial charge in [0.2, 0.25) is 10.0 Å². The maximum Gasteiger partial charge on any atom is 0.338 e. The summed E-state index contributed by atoms with van der Waals surface area (Å²) in [6, 6.07) is 14.5. The maximum absolute atomic E-state index is 12.4. The molecule has 2 aromatic carbocycles. The van der Waals surface area contributed by atoms with Crippen LogP contribution in [0.1, 0.15) is 29.8 Å². The van der Waals surface area contributed by atoms with E-state index in [-0.39, 0.29) is 23.0 Å². The molecule has 27 heavy (non-hydrogen) atoms. The molecule has 0 fully saturated rings. The smallest absolute Gasteiger partial charge is 0.338 e. The topological polar surface area (TPSA) is 102 Å². The van der Waals surface area contributed by atoms with Gasteiger partial charge in [-0.15, -0.1) is 0 Å². The van der Waals surface area contributed by atoms with Crippen molar-refractivity contribution in [2.75, 3.05) is 6.61 Å². The van der Waals surface area contributed by atoms with Crippen molar-refractivity contribution >= 4 is 21.9 Å². The summed E-state index contributed by atoms with van der Waals surface area (Å²) < 4.78 is 32.3. The lowest BCUT2D eigenvalue weighted by atomic mass is 10.2. The summed E-state index contributed by atoms with van der Waals surface area (Å²) in [6.07, 6.45) is 0. The van der Waals surface area contributed by atoms with Crippen molar-refractivity contribution in [1.82, 2.24) is 10.0 Å². The van der Waals surface area contributed by atoms with E-state index in [1.54, 1.807) is 26.0 Å². The first kappa shape index (κ1) is 20.6. The summed E-state index contributed by atoms with van der Waals surface area (Å²) in [4.78, 5) is 23.6. The van der Waals surface area contributed by atoms with Crippen LogP contribution in [-0.4, -0.2) is 32.9 Å². The number of hydrogen-bond donors (Lipinski definition) is 2. The molecule has 2 N–H and O–H groups in total. The molecule has 0 radical (unpaired) electrons. The number of hydrogen-bond acceptors (Lipinski definition) is 5. The SMILES string of the molecule is CC(C)NC(=O)COC(=O)c1cccc(S(=O)(=O)NCc2ccccc2)c1. The minimum atomic E-state index is -3.80. The predicted octanol–water partition coefficient (Wildman–Crippen LogP) is 1.85. The summed E-state index contributed by atoms with van der Waals surface area (Å²) >= 11 is 0. The second-order valence-electron chi connectivity index (χ2n) is 6.14. The molecule has 0 aliphatic carbocycles. The van der Waals surface area contributed by atoms with Crippen LogP contribution < -0.4 is 10.0 Å². The molecule has 1 amide bonds. The average molecular weight is 390 g/mol. The second kappa shape index (κ2) is 9.29. The van der Waals surface area contributed by atoms with Crippen LogP contribution in [0.5, 0.6) is 0 Å². The highest BCUT2D eigenvalue weighted by atomic mass is 32.2. The molecule has 0 atom stereocenters. The zero-order valence-electron chi connectivity index (χ0n) is 15.1. The van der Waals surface area contributed by atoms with Crippen molar-refractivity contribution < 1.29 is 22.7 Å². The van der Waals surface area contributed by atoms with Crippen LogP contribution in [0.25, 0.3) is 0 Å². The lowest BCUT2D eigenvalue weighted by molar-refractivity contribution is -0.124. The van der Waals surface area contributed by atoms with Crippen LogP contribution in [-0.2, 0) is 26.1 Å². The maximum atomic E-state index is 12.4. The van der Waals surface area contributed by atoms with E-state index in [9.17, 15) is 18.0 Å². The zero-order valence-corrected chi connectivity index (χ0v) is 16.0. The summed E-state index contributed by atoms with van der Waals surface area (Å²) in [6.45, 7) is 3.28. The summed E-state index contributed by atoms with van der Waals surface area (Å²) in [5.41, 5.74) is 0.864. The van der Waals surface area contributed by atoms with Gasteiger partial charge in [0.1, 0.15) is 0 Å². The first-order valence-electron chi connectivity index (χ1n) is 8.38. The highest BCUT2D eigenvalue weighted by molar-refractivity contribution is 7.89. The Labute approximate surface area is 158 Å². The Morgan fingerprint density at radius 3 is 2.41 bits per heavy atom. The fraction of sp³-hybridized carbons (Fsp3) is 0.263. The van der Waals surface area contributed by atoms with Gasteiger partial charge in [-0.25, -0.2) is 17.9 Å². The molecule has 0 aliphatic heterocycles. The van der Waals surface area contributed by atoms with Gasteiger partial charge in [-0.1, -0.05) is 36.4 Å². The number of rotatable bonds is 8. The number of ether oxygens (including phenoxy) is 1. The lowest BCUT2D eigenvalue weighted by Gasteiger charge is -2.10. The van der Waals surface area contributed by atoms with Crippen molar-refractivity contribution in [3.8, 4) is 0 Å². The Morgan fingerprint density at radius 2 is 1.74 bits per heavy atom. The minimum Gasteiger partial charge on any atom is -0.452 e. The number of nitrogens with one attached hydrogen (secondary N) is 2. The van der Waals surface area contributed by atoms with E-state index < -0.39 is 28.5 Å². The van der Waals surface area contributed by atoms with Gasteiger partial charge in [0, 0.05) is 12.6 Å².